The SMILES string of the molecule is CC(C)C1CN=C(Nc2ccc(C#N)cc2Cl)S1. The van der Waals surface area contributed by atoms with Gasteiger partial charge in [-0.25, -0.2) is 0 Å². The van der Waals surface area contributed by atoms with E-state index in [4.69, 9.17) is 16.9 Å². The molecule has 3 nitrogen and oxygen atoms in total. The van der Waals surface area contributed by atoms with Gasteiger partial charge in [0, 0.05) is 5.25 Å². The van der Waals surface area contributed by atoms with Crippen molar-refractivity contribution in [3.63, 3.8) is 0 Å². The van der Waals surface area contributed by atoms with E-state index in [1.165, 1.54) is 0 Å². The van der Waals surface area contributed by atoms with Gasteiger partial charge in [0.05, 0.1) is 28.9 Å². The highest BCUT2D eigenvalue weighted by molar-refractivity contribution is 8.15. The van der Waals surface area contributed by atoms with E-state index in [0.717, 1.165) is 17.4 Å². The van der Waals surface area contributed by atoms with Crippen LogP contribution in [0.1, 0.15) is 19.4 Å². The number of nitrogens with one attached hydrogen (secondary N) is 1. The van der Waals surface area contributed by atoms with Gasteiger partial charge < -0.3 is 5.32 Å². The molecule has 0 saturated heterocycles. The fourth-order valence-corrected chi connectivity index (χ4v) is 2.86. The number of aliphatic imine (C=N–C) groups is 1. The summed E-state index contributed by atoms with van der Waals surface area (Å²) < 4.78 is 0. The molecule has 2 rings (SSSR count). The van der Waals surface area contributed by atoms with E-state index in [0.29, 0.717) is 21.8 Å². The number of hydrogen-bond acceptors (Lipinski definition) is 4. The van der Waals surface area contributed by atoms with Crippen LogP contribution in [0.15, 0.2) is 23.2 Å². The van der Waals surface area contributed by atoms with Gasteiger partial charge in [-0.05, 0) is 24.1 Å². The molecule has 1 aliphatic rings. The standard InChI is InChI=1S/C13H14ClN3S/c1-8(2)12-7-16-13(18-12)17-11-4-3-9(6-15)5-10(11)14/h3-5,8,12H,7H2,1-2H3,(H,16,17). The van der Waals surface area contributed by atoms with E-state index in [9.17, 15) is 0 Å². The third-order valence-corrected chi connectivity index (χ3v) is 4.52. The van der Waals surface area contributed by atoms with Crippen molar-refractivity contribution in [2.24, 2.45) is 10.9 Å². The minimum Gasteiger partial charge on any atom is -0.334 e. The molecular weight excluding hydrogens is 266 g/mol. The summed E-state index contributed by atoms with van der Waals surface area (Å²) in [5.41, 5.74) is 1.36. The number of hydrogen-bond donors (Lipinski definition) is 1. The van der Waals surface area contributed by atoms with E-state index < -0.39 is 0 Å². The van der Waals surface area contributed by atoms with Crippen LogP contribution in [-0.4, -0.2) is 17.0 Å². The van der Waals surface area contributed by atoms with Crippen molar-refractivity contribution in [2.75, 3.05) is 11.9 Å². The molecule has 0 aliphatic carbocycles. The Hall–Kier alpha value is -1.18. The monoisotopic (exact) mass is 279 g/mol. The molecule has 0 bridgehead atoms. The summed E-state index contributed by atoms with van der Waals surface area (Å²) in [4.78, 5) is 4.46. The van der Waals surface area contributed by atoms with Crippen molar-refractivity contribution in [3.05, 3.63) is 28.8 Å². The van der Waals surface area contributed by atoms with Gasteiger partial charge in [0.15, 0.2) is 5.17 Å². The summed E-state index contributed by atoms with van der Waals surface area (Å²) in [6, 6.07) is 7.28. The van der Waals surface area contributed by atoms with E-state index in [1.807, 2.05) is 6.07 Å². The summed E-state index contributed by atoms with van der Waals surface area (Å²) in [6.45, 7) is 5.24. The average Bonchev–Trinajstić information content (AvgIpc) is 2.80. The first kappa shape index (κ1) is 13.3. The first-order valence-electron chi connectivity index (χ1n) is 5.78. The zero-order valence-corrected chi connectivity index (χ0v) is 11.8. The molecule has 0 radical (unpaired) electrons. The maximum Gasteiger partial charge on any atom is 0.161 e. The number of nitriles is 1. The van der Waals surface area contributed by atoms with E-state index in [2.05, 4.69) is 30.2 Å². The lowest BCUT2D eigenvalue weighted by molar-refractivity contribution is 0.621. The Kier molecular flexibility index (Phi) is 4.15. The molecule has 1 unspecified atom stereocenters. The quantitative estimate of drug-likeness (QED) is 0.897. The number of nitrogens with zero attached hydrogens (tertiary/aromatic N) is 2. The molecule has 1 aliphatic heterocycles. The molecule has 0 aromatic heterocycles. The average molecular weight is 280 g/mol. The van der Waals surface area contributed by atoms with E-state index >= 15 is 0 Å². The molecule has 18 heavy (non-hydrogen) atoms. The van der Waals surface area contributed by atoms with Crippen LogP contribution in [0.25, 0.3) is 0 Å². The summed E-state index contributed by atoms with van der Waals surface area (Å²) >= 11 is 7.86. The maximum absolute atomic E-state index is 8.78. The zero-order chi connectivity index (χ0) is 13.1. The van der Waals surface area contributed by atoms with Crippen LogP contribution in [-0.2, 0) is 0 Å². The zero-order valence-electron chi connectivity index (χ0n) is 10.3. The molecule has 5 heteroatoms. The first-order valence-corrected chi connectivity index (χ1v) is 7.03. The van der Waals surface area contributed by atoms with Gasteiger partial charge in [0.2, 0.25) is 0 Å². The molecule has 1 heterocycles. The summed E-state index contributed by atoms with van der Waals surface area (Å²) in [5, 5.41) is 14.0. The van der Waals surface area contributed by atoms with Crippen LogP contribution in [0.3, 0.4) is 0 Å². The number of thioether (sulfide) groups is 1. The van der Waals surface area contributed by atoms with Crippen LogP contribution in [0.5, 0.6) is 0 Å². The third-order valence-electron chi connectivity index (χ3n) is 2.76. The second kappa shape index (κ2) is 5.64. The predicted molar refractivity (Wildman–Crippen MR) is 78.3 cm³/mol. The highest BCUT2D eigenvalue weighted by Crippen LogP contribution is 2.30. The number of amidine groups is 1. The Balaban J connectivity index is 2.05. The molecule has 1 aromatic carbocycles. The highest BCUT2D eigenvalue weighted by atomic mass is 35.5. The topological polar surface area (TPSA) is 48.2 Å². The van der Waals surface area contributed by atoms with Crippen LogP contribution in [0.4, 0.5) is 5.69 Å². The molecule has 0 spiro atoms. The summed E-state index contributed by atoms with van der Waals surface area (Å²) in [7, 11) is 0. The van der Waals surface area contributed by atoms with Gasteiger partial charge in [-0.1, -0.05) is 37.2 Å². The summed E-state index contributed by atoms with van der Waals surface area (Å²) in [5.74, 6) is 0.606. The van der Waals surface area contributed by atoms with Crippen molar-refractivity contribution in [1.29, 1.82) is 5.26 Å². The number of benzene rings is 1. The molecule has 0 amide bonds. The fraction of sp³-hybridized carbons (Fsp3) is 0.385. The van der Waals surface area contributed by atoms with Crippen molar-refractivity contribution < 1.29 is 0 Å². The van der Waals surface area contributed by atoms with Crippen LogP contribution < -0.4 is 5.32 Å². The lowest BCUT2D eigenvalue weighted by Crippen LogP contribution is -2.13. The van der Waals surface area contributed by atoms with Crippen molar-refractivity contribution >= 4 is 34.2 Å². The Morgan fingerprint density at radius 3 is 2.89 bits per heavy atom. The van der Waals surface area contributed by atoms with Gasteiger partial charge >= 0.3 is 0 Å². The number of halogens is 1. The second-order valence-corrected chi connectivity index (χ2v) is 6.11. The molecular formula is C13H14ClN3S. The van der Waals surface area contributed by atoms with Crippen molar-refractivity contribution in [1.82, 2.24) is 0 Å². The number of anilines is 1. The van der Waals surface area contributed by atoms with Gasteiger partial charge in [-0.3, -0.25) is 4.99 Å². The molecule has 0 saturated carbocycles. The lowest BCUT2D eigenvalue weighted by Gasteiger charge is -2.12. The van der Waals surface area contributed by atoms with E-state index in [-0.39, 0.29) is 0 Å². The molecule has 1 N–H and O–H groups in total. The second-order valence-electron chi connectivity index (χ2n) is 4.48. The molecule has 94 valence electrons. The van der Waals surface area contributed by atoms with Gasteiger partial charge in [-0.15, -0.1) is 0 Å². The largest absolute Gasteiger partial charge is 0.334 e. The van der Waals surface area contributed by atoms with Crippen LogP contribution >= 0.6 is 23.4 Å². The summed E-state index contributed by atoms with van der Waals surface area (Å²) in [6.07, 6.45) is 0. The van der Waals surface area contributed by atoms with Gasteiger partial charge in [-0.2, -0.15) is 5.26 Å². The molecule has 0 fully saturated rings. The minimum absolute atomic E-state index is 0.532. The molecule has 1 aromatic rings. The highest BCUT2D eigenvalue weighted by Gasteiger charge is 2.22. The Bertz CT molecular complexity index is 519. The Labute approximate surface area is 116 Å². The number of rotatable bonds is 2. The first-order chi connectivity index (χ1) is 8.60. The normalized spacial score (nSPS) is 18.6. The van der Waals surface area contributed by atoms with Crippen LogP contribution in [0.2, 0.25) is 5.02 Å². The fourth-order valence-electron chi connectivity index (χ4n) is 1.61. The smallest absolute Gasteiger partial charge is 0.161 e. The van der Waals surface area contributed by atoms with Gasteiger partial charge in [0.25, 0.3) is 0 Å². The Morgan fingerprint density at radius 1 is 1.56 bits per heavy atom. The van der Waals surface area contributed by atoms with Crippen LogP contribution in [0, 0.1) is 17.2 Å². The predicted octanol–water partition coefficient (Wildman–Crippen LogP) is 3.75. The van der Waals surface area contributed by atoms with Gasteiger partial charge in [0.1, 0.15) is 0 Å². The van der Waals surface area contributed by atoms with Crippen molar-refractivity contribution in [3.8, 4) is 6.07 Å². The van der Waals surface area contributed by atoms with E-state index in [1.54, 1.807) is 23.9 Å². The maximum atomic E-state index is 8.78. The minimum atomic E-state index is 0.532. The molecule has 1 atom stereocenters. The lowest BCUT2D eigenvalue weighted by atomic mass is 10.1. The van der Waals surface area contributed by atoms with Crippen molar-refractivity contribution in [2.45, 2.75) is 19.1 Å². The third kappa shape index (κ3) is 2.98. The Morgan fingerprint density at radius 2 is 2.33 bits per heavy atom.